The first-order valence-corrected chi connectivity index (χ1v) is 10.2. The van der Waals surface area contributed by atoms with Crippen LogP contribution in [-0.2, 0) is 9.59 Å². The molecule has 2 aliphatic heterocycles. The van der Waals surface area contributed by atoms with E-state index in [2.05, 4.69) is 18.5 Å². The van der Waals surface area contributed by atoms with Gasteiger partial charge in [-0.15, -0.1) is 24.9 Å². The van der Waals surface area contributed by atoms with Gasteiger partial charge in [-0.3, -0.25) is 9.59 Å². The molecule has 3 rings (SSSR count). The number of hydrogen-bond acceptors (Lipinski definition) is 3. The van der Waals surface area contributed by atoms with Gasteiger partial charge in [0, 0.05) is 30.4 Å². The van der Waals surface area contributed by atoms with Crippen molar-refractivity contribution in [2.75, 3.05) is 25.4 Å². The Balaban J connectivity index is 1.62. The van der Waals surface area contributed by atoms with Gasteiger partial charge in [-0.2, -0.15) is 0 Å². The molecule has 2 saturated heterocycles. The normalized spacial score (nSPS) is 24.3. The van der Waals surface area contributed by atoms with Crippen LogP contribution in [-0.4, -0.2) is 42.1 Å². The second-order valence-electron chi connectivity index (χ2n) is 7.13. The minimum absolute atomic E-state index is 0.0234. The van der Waals surface area contributed by atoms with Crippen molar-refractivity contribution in [3.05, 3.63) is 55.4 Å². The maximum Gasteiger partial charge on any atom is 0.232 e. The highest BCUT2D eigenvalue weighted by molar-refractivity contribution is 8.00. The molecular formula is C21H25FN2O2S. The molecule has 2 fully saturated rings. The summed E-state index contributed by atoms with van der Waals surface area (Å²) in [5.41, 5.74) is -0.520. The number of benzene rings is 1. The standard InChI is InChI=1S/C21H25FN2O2S/c1-3-15-13-23-20(26)21(16(15)4-2)9-11-24(12-10-21)19(25)14-27-18-8-6-5-7-17(18)22/h3-8,15-16H,1-2,9-14H2,(H,23,26)/t15-,16?/m1/s1. The van der Waals surface area contributed by atoms with Crippen LogP contribution in [0.2, 0.25) is 0 Å². The van der Waals surface area contributed by atoms with Gasteiger partial charge >= 0.3 is 0 Å². The molecule has 27 heavy (non-hydrogen) atoms. The number of carbonyl (C=O) groups is 2. The number of halogens is 1. The highest BCUT2D eigenvalue weighted by atomic mass is 32.2. The van der Waals surface area contributed by atoms with Gasteiger partial charge in [-0.25, -0.2) is 4.39 Å². The van der Waals surface area contributed by atoms with Gasteiger partial charge in [0.05, 0.1) is 11.2 Å². The Hall–Kier alpha value is -2.08. The van der Waals surface area contributed by atoms with Crippen LogP contribution in [0.4, 0.5) is 4.39 Å². The maximum atomic E-state index is 13.7. The lowest BCUT2D eigenvalue weighted by molar-refractivity contribution is -0.145. The van der Waals surface area contributed by atoms with Gasteiger partial charge in [-0.1, -0.05) is 24.3 Å². The molecule has 0 radical (unpaired) electrons. The molecule has 1 aromatic rings. The molecule has 1 N–H and O–H groups in total. The lowest BCUT2D eigenvalue weighted by atomic mass is 9.61. The lowest BCUT2D eigenvalue weighted by Crippen LogP contribution is -2.59. The van der Waals surface area contributed by atoms with E-state index in [0.29, 0.717) is 37.4 Å². The van der Waals surface area contributed by atoms with E-state index in [0.717, 1.165) is 0 Å². The molecule has 4 nitrogen and oxygen atoms in total. The molecular weight excluding hydrogens is 363 g/mol. The highest BCUT2D eigenvalue weighted by Crippen LogP contribution is 2.46. The van der Waals surface area contributed by atoms with Crippen molar-refractivity contribution in [2.24, 2.45) is 17.3 Å². The number of likely N-dealkylation sites (tertiary alicyclic amines) is 1. The molecule has 2 heterocycles. The number of allylic oxidation sites excluding steroid dienone is 1. The fourth-order valence-corrected chi connectivity index (χ4v) is 5.06. The zero-order valence-electron chi connectivity index (χ0n) is 15.3. The van der Waals surface area contributed by atoms with Gasteiger partial charge in [0.1, 0.15) is 5.82 Å². The van der Waals surface area contributed by atoms with E-state index in [9.17, 15) is 14.0 Å². The molecule has 2 amide bonds. The van der Waals surface area contributed by atoms with E-state index in [4.69, 9.17) is 0 Å². The summed E-state index contributed by atoms with van der Waals surface area (Å²) in [5.74, 6) is 0.118. The van der Waals surface area contributed by atoms with E-state index in [1.54, 1.807) is 23.1 Å². The Morgan fingerprint density at radius 3 is 2.63 bits per heavy atom. The SMILES string of the molecule is C=CC1[C@H](C=C)CNC(=O)C12CCN(C(=O)CSc1ccccc1F)CC2. The number of hydrogen-bond donors (Lipinski definition) is 1. The summed E-state index contributed by atoms with van der Waals surface area (Å²) in [5, 5.41) is 3.00. The molecule has 144 valence electrons. The Morgan fingerprint density at radius 1 is 1.30 bits per heavy atom. The van der Waals surface area contributed by atoms with Crippen LogP contribution in [0, 0.1) is 23.1 Å². The third-order valence-electron chi connectivity index (χ3n) is 5.80. The average Bonchev–Trinajstić information content (AvgIpc) is 2.69. The Morgan fingerprint density at radius 2 is 2.00 bits per heavy atom. The van der Waals surface area contributed by atoms with E-state index in [1.165, 1.54) is 17.8 Å². The fourth-order valence-electron chi connectivity index (χ4n) is 4.21. The number of nitrogens with zero attached hydrogens (tertiary/aromatic N) is 1. The first kappa shape index (κ1) is 19.7. The zero-order chi connectivity index (χ0) is 19.4. The van der Waals surface area contributed by atoms with Crippen LogP contribution >= 0.6 is 11.8 Å². The van der Waals surface area contributed by atoms with Crippen molar-refractivity contribution in [1.29, 1.82) is 0 Å². The zero-order valence-corrected chi connectivity index (χ0v) is 16.1. The predicted octanol–water partition coefficient (Wildman–Crippen LogP) is 3.26. The molecule has 2 aliphatic rings. The van der Waals surface area contributed by atoms with Crippen LogP contribution in [0.25, 0.3) is 0 Å². The summed E-state index contributed by atoms with van der Waals surface area (Å²) >= 11 is 1.21. The summed E-state index contributed by atoms with van der Waals surface area (Å²) < 4.78 is 13.7. The van der Waals surface area contributed by atoms with Crippen molar-refractivity contribution < 1.29 is 14.0 Å². The van der Waals surface area contributed by atoms with E-state index >= 15 is 0 Å². The molecule has 0 saturated carbocycles. The molecule has 1 unspecified atom stereocenters. The summed E-state index contributed by atoms with van der Waals surface area (Å²) in [7, 11) is 0. The largest absolute Gasteiger partial charge is 0.355 e. The summed E-state index contributed by atoms with van der Waals surface area (Å²) in [6.45, 7) is 9.47. The molecule has 6 heteroatoms. The second-order valence-corrected chi connectivity index (χ2v) is 8.14. The van der Waals surface area contributed by atoms with E-state index < -0.39 is 5.41 Å². The van der Waals surface area contributed by atoms with Crippen LogP contribution in [0.15, 0.2) is 54.5 Å². The molecule has 0 aromatic heterocycles. The molecule has 2 atom stereocenters. The van der Waals surface area contributed by atoms with Crippen molar-refractivity contribution in [1.82, 2.24) is 10.2 Å². The monoisotopic (exact) mass is 388 g/mol. The number of thioether (sulfide) groups is 1. The average molecular weight is 389 g/mol. The number of nitrogens with one attached hydrogen (secondary N) is 1. The minimum Gasteiger partial charge on any atom is -0.355 e. The minimum atomic E-state index is -0.520. The number of amides is 2. The summed E-state index contributed by atoms with van der Waals surface area (Å²) in [6.07, 6.45) is 4.97. The molecule has 1 spiro atoms. The number of carbonyl (C=O) groups excluding carboxylic acids is 2. The van der Waals surface area contributed by atoms with Crippen LogP contribution in [0.3, 0.4) is 0 Å². The number of rotatable bonds is 5. The topological polar surface area (TPSA) is 49.4 Å². The van der Waals surface area contributed by atoms with Crippen molar-refractivity contribution >= 4 is 23.6 Å². The third-order valence-corrected chi connectivity index (χ3v) is 6.84. The highest BCUT2D eigenvalue weighted by Gasteiger charge is 2.51. The lowest BCUT2D eigenvalue weighted by Gasteiger charge is -2.49. The quantitative estimate of drug-likeness (QED) is 0.622. The molecule has 1 aromatic carbocycles. The first-order chi connectivity index (χ1) is 13.0. The predicted molar refractivity (Wildman–Crippen MR) is 106 cm³/mol. The Kier molecular flexibility index (Phi) is 6.05. The second kappa shape index (κ2) is 8.30. The van der Waals surface area contributed by atoms with Gasteiger partial charge in [-0.05, 0) is 30.9 Å². The maximum absolute atomic E-state index is 13.7. The van der Waals surface area contributed by atoms with Crippen molar-refractivity contribution in [3.63, 3.8) is 0 Å². The summed E-state index contributed by atoms with van der Waals surface area (Å²) in [6, 6.07) is 6.46. The van der Waals surface area contributed by atoms with Gasteiger partial charge in [0.25, 0.3) is 0 Å². The van der Waals surface area contributed by atoms with Gasteiger partial charge < -0.3 is 10.2 Å². The smallest absolute Gasteiger partial charge is 0.232 e. The molecule has 0 bridgehead atoms. The molecule has 0 aliphatic carbocycles. The van der Waals surface area contributed by atoms with Gasteiger partial charge in [0.2, 0.25) is 11.8 Å². The summed E-state index contributed by atoms with van der Waals surface area (Å²) in [4.78, 5) is 27.5. The van der Waals surface area contributed by atoms with E-state index in [-0.39, 0.29) is 35.2 Å². The van der Waals surface area contributed by atoms with Crippen LogP contribution in [0.5, 0.6) is 0 Å². The van der Waals surface area contributed by atoms with Crippen LogP contribution < -0.4 is 5.32 Å². The first-order valence-electron chi connectivity index (χ1n) is 9.20. The van der Waals surface area contributed by atoms with E-state index in [1.807, 2.05) is 12.2 Å². The van der Waals surface area contributed by atoms with Crippen molar-refractivity contribution in [2.45, 2.75) is 17.7 Å². The van der Waals surface area contributed by atoms with Gasteiger partial charge in [0.15, 0.2) is 0 Å². The fraction of sp³-hybridized carbons (Fsp3) is 0.429. The van der Waals surface area contributed by atoms with Crippen molar-refractivity contribution in [3.8, 4) is 0 Å². The third kappa shape index (κ3) is 3.81. The Labute approximate surface area is 163 Å². The number of piperidine rings is 2. The van der Waals surface area contributed by atoms with Crippen LogP contribution in [0.1, 0.15) is 12.8 Å². The Bertz CT molecular complexity index is 743.